The van der Waals surface area contributed by atoms with Gasteiger partial charge < -0.3 is 10.2 Å². The van der Waals surface area contributed by atoms with Crippen LogP contribution in [-0.2, 0) is 11.2 Å². The second-order valence-corrected chi connectivity index (χ2v) is 7.03. The number of halogens is 1. The number of benzene rings is 2. The van der Waals surface area contributed by atoms with Crippen LogP contribution < -0.4 is 5.32 Å². The van der Waals surface area contributed by atoms with Crippen LogP contribution in [0.15, 0.2) is 42.5 Å². The van der Waals surface area contributed by atoms with Gasteiger partial charge in [-0.2, -0.15) is 0 Å². The number of hydrogen-bond acceptors (Lipinski definition) is 2. The summed E-state index contributed by atoms with van der Waals surface area (Å²) in [7, 11) is 0. The van der Waals surface area contributed by atoms with Gasteiger partial charge in [0.2, 0.25) is 5.91 Å². The van der Waals surface area contributed by atoms with Crippen molar-refractivity contribution < 1.29 is 14.0 Å². The summed E-state index contributed by atoms with van der Waals surface area (Å²) in [6.45, 7) is 5.13. The highest BCUT2D eigenvalue weighted by molar-refractivity contribution is 5.96. The average molecular weight is 368 g/mol. The molecule has 1 N–H and O–H groups in total. The largest absolute Gasteiger partial charge is 0.339 e. The van der Waals surface area contributed by atoms with Crippen molar-refractivity contribution >= 4 is 17.5 Å². The molecule has 2 aromatic rings. The SMILES string of the molecule is CCc1cccc(C)c1NC(=O)C1CCN(C(=O)c2ccc(F)cc2)CC1. The summed E-state index contributed by atoms with van der Waals surface area (Å²) in [5.74, 6) is -0.551. The third kappa shape index (κ3) is 4.35. The molecule has 1 heterocycles. The minimum Gasteiger partial charge on any atom is -0.339 e. The molecule has 5 heteroatoms. The van der Waals surface area contributed by atoms with E-state index >= 15 is 0 Å². The molecule has 4 nitrogen and oxygen atoms in total. The van der Waals surface area contributed by atoms with E-state index in [2.05, 4.69) is 12.2 Å². The molecule has 0 radical (unpaired) electrons. The number of para-hydroxylation sites is 1. The molecular weight excluding hydrogens is 343 g/mol. The number of hydrogen-bond donors (Lipinski definition) is 1. The zero-order valence-corrected chi connectivity index (χ0v) is 15.8. The van der Waals surface area contributed by atoms with Crippen molar-refractivity contribution in [3.8, 4) is 0 Å². The second-order valence-electron chi connectivity index (χ2n) is 7.03. The Morgan fingerprint density at radius 3 is 2.41 bits per heavy atom. The first-order valence-electron chi connectivity index (χ1n) is 9.43. The number of nitrogens with one attached hydrogen (secondary N) is 1. The molecule has 0 spiro atoms. The lowest BCUT2D eigenvalue weighted by molar-refractivity contribution is -0.121. The number of anilines is 1. The maximum atomic E-state index is 13.0. The number of piperidine rings is 1. The van der Waals surface area contributed by atoms with E-state index in [0.29, 0.717) is 31.5 Å². The topological polar surface area (TPSA) is 49.4 Å². The first-order valence-corrected chi connectivity index (χ1v) is 9.43. The van der Waals surface area contributed by atoms with Crippen LogP contribution in [0.4, 0.5) is 10.1 Å². The Kier molecular flexibility index (Phi) is 5.89. The molecule has 1 fully saturated rings. The van der Waals surface area contributed by atoms with E-state index in [-0.39, 0.29) is 23.5 Å². The molecule has 1 aliphatic heterocycles. The van der Waals surface area contributed by atoms with Crippen LogP contribution in [0.25, 0.3) is 0 Å². The van der Waals surface area contributed by atoms with Crippen LogP contribution in [0, 0.1) is 18.7 Å². The van der Waals surface area contributed by atoms with Gasteiger partial charge in [0.15, 0.2) is 0 Å². The highest BCUT2D eigenvalue weighted by Crippen LogP contribution is 2.25. The Labute approximate surface area is 159 Å². The van der Waals surface area contributed by atoms with Gasteiger partial charge >= 0.3 is 0 Å². The molecule has 1 aliphatic rings. The van der Waals surface area contributed by atoms with Crippen molar-refractivity contribution in [3.05, 3.63) is 65.0 Å². The van der Waals surface area contributed by atoms with Crippen molar-refractivity contribution in [2.75, 3.05) is 18.4 Å². The van der Waals surface area contributed by atoms with Gasteiger partial charge in [-0.05, 0) is 61.6 Å². The number of carbonyl (C=O) groups excluding carboxylic acids is 2. The normalized spacial score (nSPS) is 14.9. The van der Waals surface area contributed by atoms with E-state index in [1.165, 1.54) is 24.3 Å². The fourth-order valence-corrected chi connectivity index (χ4v) is 3.55. The minimum atomic E-state index is -0.357. The van der Waals surface area contributed by atoms with Crippen LogP contribution in [0.2, 0.25) is 0 Å². The molecule has 2 aromatic carbocycles. The van der Waals surface area contributed by atoms with E-state index in [9.17, 15) is 14.0 Å². The Hall–Kier alpha value is -2.69. The number of nitrogens with zero attached hydrogens (tertiary/aromatic N) is 1. The molecule has 0 atom stereocenters. The Bertz CT molecular complexity index is 825. The highest BCUT2D eigenvalue weighted by Gasteiger charge is 2.28. The smallest absolute Gasteiger partial charge is 0.253 e. The van der Waals surface area contributed by atoms with Crippen LogP contribution in [0.3, 0.4) is 0 Å². The Morgan fingerprint density at radius 1 is 1.11 bits per heavy atom. The Balaban J connectivity index is 1.60. The molecule has 142 valence electrons. The van der Waals surface area contributed by atoms with E-state index in [1.54, 1.807) is 4.90 Å². The van der Waals surface area contributed by atoms with Gasteiger partial charge in [0.25, 0.3) is 5.91 Å². The summed E-state index contributed by atoms with van der Waals surface area (Å²) in [6, 6.07) is 11.6. The third-order valence-electron chi connectivity index (χ3n) is 5.23. The summed E-state index contributed by atoms with van der Waals surface area (Å²) < 4.78 is 13.0. The van der Waals surface area contributed by atoms with E-state index in [0.717, 1.165) is 23.2 Å². The number of rotatable bonds is 4. The van der Waals surface area contributed by atoms with Gasteiger partial charge in [-0.25, -0.2) is 4.39 Å². The number of likely N-dealkylation sites (tertiary alicyclic amines) is 1. The summed E-state index contributed by atoms with van der Waals surface area (Å²) in [4.78, 5) is 27.0. The monoisotopic (exact) mass is 368 g/mol. The maximum Gasteiger partial charge on any atom is 0.253 e. The number of amides is 2. The lowest BCUT2D eigenvalue weighted by Gasteiger charge is -2.31. The van der Waals surface area contributed by atoms with Crippen molar-refractivity contribution in [1.82, 2.24) is 4.90 Å². The van der Waals surface area contributed by atoms with Gasteiger partial charge in [-0.1, -0.05) is 25.1 Å². The van der Waals surface area contributed by atoms with Gasteiger partial charge in [0, 0.05) is 30.3 Å². The van der Waals surface area contributed by atoms with E-state index < -0.39 is 0 Å². The van der Waals surface area contributed by atoms with Crippen LogP contribution in [0.5, 0.6) is 0 Å². The quantitative estimate of drug-likeness (QED) is 0.880. The summed E-state index contributed by atoms with van der Waals surface area (Å²) >= 11 is 0. The van der Waals surface area contributed by atoms with Crippen molar-refractivity contribution in [3.63, 3.8) is 0 Å². The summed E-state index contributed by atoms with van der Waals surface area (Å²) in [5, 5.41) is 3.10. The fourth-order valence-electron chi connectivity index (χ4n) is 3.55. The molecular formula is C22H25FN2O2. The first-order chi connectivity index (χ1) is 13.0. The molecule has 2 amide bonds. The predicted octanol–water partition coefficient (Wildman–Crippen LogP) is 4.19. The van der Waals surface area contributed by atoms with Crippen LogP contribution in [0.1, 0.15) is 41.3 Å². The Morgan fingerprint density at radius 2 is 1.78 bits per heavy atom. The molecule has 0 unspecified atom stereocenters. The van der Waals surface area contributed by atoms with Crippen molar-refractivity contribution in [1.29, 1.82) is 0 Å². The molecule has 0 saturated carbocycles. The highest BCUT2D eigenvalue weighted by atomic mass is 19.1. The van der Waals surface area contributed by atoms with Crippen LogP contribution >= 0.6 is 0 Å². The fraction of sp³-hybridized carbons (Fsp3) is 0.364. The third-order valence-corrected chi connectivity index (χ3v) is 5.23. The van der Waals surface area contributed by atoms with Gasteiger partial charge in [-0.3, -0.25) is 9.59 Å². The zero-order chi connectivity index (χ0) is 19.4. The summed E-state index contributed by atoms with van der Waals surface area (Å²) in [5.41, 5.74) is 3.58. The minimum absolute atomic E-state index is 0.0212. The van der Waals surface area contributed by atoms with Gasteiger partial charge in [0.05, 0.1) is 0 Å². The average Bonchev–Trinajstić information content (AvgIpc) is 2.69. The zero-order valence-electron chi connectivity index (χ0n) is 15.8. The molecule has 0 aromatic heterocycles. The van der Waals surface area contributed by atoms with Crippen LogP contribution in [-0.4, -0.2) is 29.8 Å². The number of aryl methyl sites for hydroxylation is 2. The van der Waals surface area contributed by atoms with E-state index in [4.69, 9.17) is 0 Å². The molecule has 27 heavy (non-hydrogen) atoms. The summed E-state index contributed by atoms with van der Waals surface area (Å²) in [6.07, 6.45) is 2.13. The molecule has 3 rings (SSSR count). The molecule has 0 aliphatic carbocycles. The predicted molar refractivity (Wildman–Crippen MR) is 104 cm³/mol. The van der Waals surface area contributed by atoms with Gasteiger partial charge in [-0.15, -0.1) is 0 Å². The van der Waals surface area contributed by atoms with E-state index in [1.807, 2.05) is 25.1 Å². The molecule has 1 saturated heterocycles. The second kappa shape index (κ2) is 8.33. The lowest BCUT2D eigenvalue weighted by Crippen LogP contribution is -2.41. The maximum absolute atomic E-state index is 13.0. The number of carbonyl (C=O) groups is 2. The molecule has 0 bridgehead atoms. The lowest BCUT2D eigenvalue weighted by atomic mass is 9.94. The van der Waals surface area contributed by atoms with Gasteiger partial charge in [0.1, 0.15) is 5.82 Å². The standard InChI is InChI=1S/C22H25FN2O2/c1-3-16-6-4-5-15(2)20(16)24-21(26)17-11-13-25(14-12-17)22(27)18-7-9-19(23)10-8-18/h4-10,17H,3,11-14H2,1-2H3,(H,24,26). The van der Waals surface area contributed by atoms with Crippen molar-refractivity contribution in [2.24, 2.45) is 5.92 Å². The van der Waals surface area contributed by atoms with Crippen molar-refractivity contribution in [2.45, 2.75) is 33.1 Å². The first kappa shape index (κ1) is 19.1.